The van der Waals surface area contributed by atoms with E-state index >= 15 is 0 Å². The van der Waals surface area contributed by atoms with E-state index in [9.17, 15) is 0 Å². The van der Waals surface area contributed by atoms with Crippen LogP contribution >= 0.6 is 0 Å². The van der Waals surface area contributed by atoms with Crippen molar-refractivity contribution in [2.24, 2.45) is 5.92 Å². The van der Waals surface area contributed by atoms with Crippen LogP contribution in [0.15, 0.2) is 0 Å². The van der Waals surface area contributed by atoms with Crippen molar-refractivity contribution in [3.05, 3.63) is 0 Å². The molecule has 108 valence electrons. The number of hydrogen-bond acceptors (Lipinski definition) is 3. The van der Waals surface area contributed by atoms with Crippen molar-refractivity contribution < 1.29 is 4.74 Å². The minimum absolute atomic E-state index is 0.810. The van der Waals surface area contributed by atoms with Crippen LogP contribution in [-0.2, 0) is 4.74 Å². The van der Waals surface area contributed by atoms with Crippen LogP contribution < -0.4 is 5.32 Å². The molecule has 0 atom stereocenters. The summed E-state index contributed by atoms with van der Waals surface area (Å²) in [7, 11) is 1.82. The fourth-order valence-corrected chi connectivity index (χ4v) is 2.68. The highest BCUT2D eigenvalue weighted by atomic mass is 16.5. The molecule has 1 N–H and O–H groups in total. The van der Waals surface area contributed by atoms with E-state index in [0.29, 0.717) is 0 Å². The molecule has 3 heteroatoms. The molecule has 1 saturated heterocycles. The summed E-state index contributed by atoms with van der Waals surface area (Å²) in [5.41, 5.74) is 0. The Labute approximate surface area is 113 Å². The Bertz CT molecular complexity index is 179. The molecular weight excluding hydrogens is 224 g/mol. The lowest BCUT2D eigenvalue weighted by Crippen LogP contribution is -2.35. The SMILES string of the molecule is CCCNCCCCCN1CCC(COC)CC1. The number of ether oxygens (including phenoxy) is 1. The third-order valence-electron chi connectivity index (χ3n) is 3.86. The molecule has 1 fully saturated rings. The highest BCUT2D eigenvalue weighted by molar-refractivity contribution is 4.71. The summed E-state index contributed by atoms with van der Waals surface area (Å²) in [6.07, 6.45) is 7.96. The molecule has 0 aromatic carbocycles. The number of rotatable bonds is 10. The van der Waals surface area contributed by atoms with Crippen LogP contribution in [0.5, 0.6) is 0 Å². The van der Waals surface area contributed by atoms with Gasteiger partial charge in [-0.1, -0.05) is 13.3 Å². The molecule has 18 heavy (non-hydrogen) atoms. The molecule has 3 nitrogen and oxygen atoms in total. The average Bonchev–Trinajstić information content (AvgIpc) is 2.40. The van der Waals surface area contributed by atoms with E-state index in [4.69, 9.17) is 4.74 Å². The lowest BCUT2D eigenvalue weighted by Gasteiger charge is -2.31. The zero-order valence-corrected chi connectivity index (χ0v) is 12.4. The average molecular weight is 256 g/mol. The Morgan fingerprint density at radius 1 is 1.11 bits per heavy atom. The summed E-state index contributed by atoms with van der Waals surface area (Å²) in [5, 5.41) is 3.47. The van der Waals surface area contributed by atoms with E-state index in [1.54, 1.807) is 0 Å². The smallest absolute Gasteiger partial charge is 0.0491 e. The number of nitrogens with one attached hydrogen (secondary N) is 1. The summed E-state index contributed by atoms with van der Waals surface area (Å²) in [6.45, 7) is 9.41. The van der Waals surface area contributed by atoms with Crippen molar-refractivity contribution in [2.75, 3.05) is 46.4 Å². The molecule has 0 aliphatic carbocycles. The monoisotopic (exact) mass is 256 g/mol. The molecule has 0 aromatic rings. The summed E-state index contributed by atoms with van der Waals surface area (Å²) in [6, 6.07) is 0. The van der Waals surface area contributed by atoms with Gasteiger partial charge in [0.1, 0.15) is 0 Å². The second kappa shape index (κ2) is 10.8. The van der Waals surface area contributed by atoms with E-state index in [1.807, 2.05) is 7.11 Å². The van der Waals surface area contributed by atoms with Gasteiger partial charge in [0.2, 0.25) is 0 Å². The van der Waals surface area contributed by atoms with Crippen LogP contribution in [0.25, 0.3) is 0 Å². The summed E-state index contributed by atoms with van der Waals surface area (Å²) in [5.74, 6) is 0.810. The van der Waals surface area contributed by atoms with Crippen molar-refractivity contribution in [2.45, 2.75) is 45.4 Å². The van der Waals surface area contributed by atoms with Gasteiger partial charge in [-0.25, -0.2) is 0 Å². The van der Waals surface area contributed by atoms with Gasteiger partial charge in [-0.05, 0) is 70.7 Å². The van der Waals surface area contributed by atoms with Crippen molar-refractivity contribution >= 4 is 0 Å². The molecule has 0 radical (unpaired) electrons. The van der Waals surface area contributed by atoms with Crippen molar-refractivity contribution in [1.82, 2.24) is 10.2 Å². The summed E-state index contributed by atoms with van der Waals surface area (Å²) < 4.78 is 5.24. The maximum atomic E-state index is 5.24. The number of likely N-dealkylation sites (tertiary alicyclic amines) is 1. The maximum absolute atomic E-state index is 5.24. The highest BCUT2D eigenvalue weighted by Crippen LogP contribution is 2.17. The van der Waals surface area contributed by atoms with Gasteiger partial charge in [0, 0.05) is 13.7 Å². The Morgan fingerprint density at radius 2 is 1.89 bits per heavy atom. The van der Waals surface area contributed by atoms with E-state index in [1.165, 1.54) is 71.2 Å². The molecule has 0 spiro atoms. The summed E-state index contributed by atoms with van der Waals surface area (Å²) >= 11 is 0. The minimum atomic E-state index is 0.810. The molecule has 0 saturated carbocycles. The fraction of sp³-hybridized carbons (Fsp3) is 1.00. The Hall–Kier alpha value is -0.120. The van der Waals surface area contributed by atoms with E-state index in [0.717, 1.165) is 12.5 Å². The van der Waals surface area contributed by atoms with Gasteiger partial charge in [-0.3, -0.25) is 0 Å². The van der Waals surface area contributed by atoms with Gasteiger partial charge in [-0.2, -0.15) is 0 Å². The third kappa shape index (κ3) is 7.34. The first-order valence-electron chi connectivity index (χ1n) is 7.78. The molecule has 1 aliphatic rings. The van der Waals surface area contributed by atoms with Crippen molar-refractivity contribution in [1.29, 1.82) is 0 Å². The number of unbranched alkanes of at least 4 members (excludes halogenated alkanes) is 2. The topological polar surface area (TPSA) is 24.5 Å². The van der Waals surface area contributed by atoms with Crippen LogP contribution in [0, 0.1) is 5.92 Å². The summed E-state index contributed by atoms with van der Waals surface area (Å²) in [4.78, 5) is 2.63. The van der Waals surface area contributed by atoms with Gasteiger partial charge < -0.3 is 15.0 Å². The van der Waals surface area contributed by atoms with Gasteiger partial charge in [0.25, 0.3) is 0 Å². The maximum Gasteiger partial charge on any atom is 0.0491 e. The third-order valence-corrected chi connectivity index (χ3v) is 3.86. The molecule has 0 unspecified atom stereocenters. The normalized spacial score (nSPS) is 18.3. The number of methoxy groups -OCH3 is 1. The quantitative estimate of drug-likeness (QED) is 0.608. The molecule has 0 amide bonds. The molecule has 1 aliphatic heterocycles. The first-order valence-corrected chi connectivity index (χ1v) is 7.78. The Balaban J connectivity index is 1.88. The Kier molecular flexibility index (Phi) is 9.54. The van der Waals surface area contributed by atoms with Crippen LogP contribution in [0.4, 0.5) is 0 Å². The van der Waals surface area contributed by atoms with Crippen LogP contribution in [0.2, 0.25) is 0 Å². The van der Waals surface area contributed by atoms with E-state index in [2.05, 4.69) is 17.1 Å². The standard InChI is InChI=1S/C15H32N2O/c1-3-9-16-10-5-4-6-11-17-12-7-15(8-13-17)14-18-2/h15-16H,3-14H2,1-2H3. The second-order valence-corrected chi connectivity index (χ2v) is 5.55. The van der Waals surface area contributed by atoms with E-state index in [-0.39, 0.29) is 0 Å². The van der Waals surface area contributed by atoms with Crippen LogP contribution in [0.3, 0.4) is 0 Å². The molecule has 1 heterocycles. The predicted molar refractivity (Wildman–Crippen MR) is 78.1 cm³/mol. The second-order valence-electron chi connectivity index (χ2n) is 5.55. The number of nitrogens with zero attached hydrogens (tertiary/aromatic N) is 1. The lowest BCUT2D eigenvalue weighted by molar-refractivity contribution is 0.0988. The highest BCUT2D eigenvalue weighted by Gasteiger charge is 2.18. The van der Waals surface area contributed by atoms with Gasteiger partial charge in [0.05, 0.1) is 0 Å². The first-order chi connectivity index (χ1) is 8.86. The molecular formula is C15H32N2O. The van der Waals surface area contributed by atoms with Gasteiger partial charge in [-0.15, -0.1) is 0 Å². The molecule has 0 bridgehead atoms. The zero-order valence-electron chi connectivity index (χ0n) is 12.4. The van der Waals surface area contributed by atoms with Crippen molar-refractivity contribution in [3.63, 3.8) is 0 Å². The first kappa shape index (κ1) is 15.9. The fourth-order valence-electron chi connectivity index (χ4n) is 2.68. The van der Waals surface area contributed by atoms with Gasteiger partial charge in [0.15, 0.2) is 0 Å². The van der Waals surface area contributed by atoms with Gasteiger partial charge >= 0.3 is 0 Å². The molecule has 0 aromatic heterocycles. The van der Waals surface area contributed by atoms with Crippen LogP contribution in [0.1, 0.15) is 45.4 Å². The van der Waals surface area contributed by atoms with Crippen molar-refractivity contribution in [3.8, 4) is 0 Å². The molecule has 1 rings (SSSR count). The lowest BCUT2D eigenvalue weighted by atomic mass is 9.97. The Morgan fingerprint density at radius 3 is 2.56 bits per heavy atom. The number of hydrogen-bond donors (Lipinski definition) is 1. The van der Waals surface area contributed by atoms with Crippen LogP contribution in [-0.4, -0.2) is 51.3 Å². The predicted octanol–water partition coefficient (Wildman–Crippen LogP) is 2.51. The van der Waals surface area contributed by atoms with E-state index < -0.39 is 0 Å². The number of piperidine rings is 1. The largest absolute Gasteiger partial charge is 0.384 e. The zero-order chi connectivity index (χ0) is 13.1. The minimum Gasteiger partial charge on any atom is -0.384 e.